The molecule has 1 amide bonds. The number of aromatic nitrogens is 1. The molecule has 1 atom stereocenters. The van der Waals surface area contributed by atoms with E-state index in [2.05, 4.69) is 34.1 Å². The summed E-state index contributed by atoms with van der Waals surface area (Å²) in [5, 5.41) is 2.52. The van der Waals surface area contributed by atoms with Gasteiger partial charge in [0.25, 0.3) is 0 Å². The zero-order chi connectivity index (χ0) is 14.9. The first-order valence-corrected chi connectivity index (χ1v) is 8.41. The molecule has 22 heavy (non-hydrogen) atoms. The predicted molar refractivity (Wildman–Crippen MR) is 87.5 cm³/mol. The number of hydrogen-bond donors (Lipinski definition) is 0. The van der Waals surface area contributed by atoms with E-state index in [1.165, 1.54) is 22.8 Å². The quantitative estimate of drug-likeness (QED) is 0.869. The Balaban J connectivity index is 1.46. The van der Waals surface area contributed by atoms with E-state index >= 15 is 0 Å². The summed E-state index contributed by atoms with van der Waals surface area (Å²) >= 11 is 0. The van der Waals surface area contributed by atoms with Crippen LogP contribution in [0.3, 0.4) is 0 Å². The molecule has 1 saturated carbocycles. The molecule has 2 aliphatic rings. The first-order valence-electron chi connectivity index (χ1n) is 8.41. The number of carbonyl (C=O) groups excluding carboxylic acids is 1. The van der Waals surface area contributed by atoms with Crippen LogP contribution in [0.4, 0.5) is 0 Å². The molecule has 3 nitrogen and oxygen atoms in total. The molecule has 1 saturated heterocycles. The van der Waals surface area contributed by atoms with Crippen LogP contribution in [0.25, 0.3) is 10.8 Å². The van der Waals surface area contributed by atoms with Crippen LogP contribution in [0.1, 0.15) is 31.2 Å². The highest BCUT2D eigenvalue weighted by Gasteiger charge is 2.33. The zero-order valence-corrected chi connectivity index (χ0v) is 12.9. The molecule has 1 aliphatic heterocycles. The molecule has 2 fully saturated rings. The lowest BCUT2D eigenvalue weighted by Crippen LogP contribution is -2.37. The molecule has 1 aromatic heterocycles. The van der Waals surface area contributed by atoms with E-state index in [-0.39, 0.29) is 0 Å². The van der Waals surface area contributed by atoms with E-state index in [1.807, 2.05) is 12.4 Å². The molecule has 1 aliphatic carbocycles. The highest BCUT2D eigenvalue weighted by Crippen LogP contribution is 2.31. The Kier molecular flexibility index (Phi) is 3.57. The molecule has 2 heterocycles. The van der Waals surface area contributed by atoms with Crippen LogP contribution < -0.4 is 0 Å². The maximum Gasteiger partial charge on any atom is 0.225 e. The fourth-order valence-electron chi connectivity index (χ4n) is 3.77. The van der Waals surface area contributed by atoms with Crippen molar-refractivity contribution in [1.29, 1.82) is 0 Å². The minimum absolute atomic E-state index is 0.331. The van der Waals surface area contributed by atoms with Gasteiger partial charge in [0, 0.05) is 36.8 Å². The van der Waals surface area contributed by atoms with E-state index in [0.29, 0.717) is 17.7 Å². The number of likely N-dealkylation sites (tertiary alicyclic amines) is 1. The SMILES string of the molecule is O=C(C1CCC1)N1CCC(Cc2cncc3ccccc23)C1. The highest BCUT2D eigenvalue weighted by molar-refractivity contribution is 5.84. The van der Waals surface area contributed by atoms with E-state index in [1.54, 1.807) is 0 Å². The maximum atomic E-state index is 12.4. The van der Waals surface area contributed by atoms with Gasteiger partial charge in [-0.1, -0.05) is 30.7 Å². The summed E-state index contributed by atoms with van der Waals surface area (Å²) in [5.74, 6) is 1.32. The van der Waals surface area contributed by atoms with Gasteiger partial charge in [0.2, 0.25) is 5.91 Å². The number of pyridine rings is 1. The Morgan fingerprint density at radius 1 is 1.18 bits per heavy atom. The molecule has 4 rings (SSSR count). The largest absolute Gasteiger partial charge is 0.342 e. The minimum Gasteiger partial charge on any atom is -0.342 e. The number of hydrogen-bond acceptors (Lipinski definition) is 2. The summed E-state index contributed by atoms with van der Waals surface area (Å²) in [6, 6.07) is 8.45. The van der Waals surface area contributed by atoms with Crippen LogP contribution in [0, 0.1) is 11.8 Å². The Morgan fingerprint density at radius 3 is 2.86 bits per heavy atom. The highest BCUT2D eigenvalue weighted by atomic mass is 16.2. The Bertz CT molecular complexity index is 687. The first-order chi connectivity index (χ1) is 10.8. The number of amides is 1. The second-order valence-electron chi connectivity index (χ2n) is 6.79. The Morgan fingerprint density at radius 2 is 2.05 bits per heavy atom. The Hall–Kier alpha value is -1.90. The standard InChI is InChI=1S/C19H22N2O/c22-19(15-5-3-6-15)21-9-8-14(13-21)10-17-12-20-11-16-4-1-2-7-18(16)17/h1-2,4,7,11-12,14-15H,3,5-6,8-10,13H2. The van der Waals surface area contributed by atoms with E-state index < -0.39 is 0 Å². The second-order valence-corrected chi connectivity index (χ2v) is 6.79. The molecular weight excluding hydrogens is 272 g/mol. The normalized spacial score (nSPS) is 22.0. The average Bonchev–Trinajstić information content (AvgIpc) is 2.94. The molecule has 0 N–H and O–H groups in total. The topological polar surface area (TPSA) is 33.2 Å². The lowest BCUT2D eigenvalue weighted by molar-refractivity contribution is -0.137. The molecule has 2 aromatic rings. The van der Waals surface area contributed by atoms with Crippen molar-refractivity contribution in [3.05, 3.63) is 42.2 Å². The van der Waals surface area contributed by atoms with Gasteiger partial charge in [0.15, 0.2) is 0 Å². The molecule has 114 valence electrons. The lowest BCUT2D eigenvalue weighted by Gasteiger charge is -2.29. The summed E-state index contributed by atoms with van der Waals surface area (Å²) in [7, 11) is 0. The van der Waals surface area contributed by atoms with Crippen molar-refractivity contribution >= 4 is 16.7 Å². The van der Waals surface area contributed by atoms with Gasteiger partial charge in [-0.25, -0.2) is 0 Å². The third kappa shape index (κ3) is 2.49. The Labute approximate surface area is 131 Å². The van der Waals surface area contributed by atoms with Gasteiger partial charge < -0.3 is 4.90 Å². The molecular formula is C19H22N2O. The summed E-state index contributed by atoms with van der Waals surface area (Å²) in [6.07, 6.45) is 9.53. The number of fused-ring (bicyclic) bond motifs is 1. The van der Waals surface area contributed by atoms with Crippen molar-refractivity contribution in [2.45, 2.75) is 32.1 Å². The average molecular weight is 294 g/mol. The van der Waals surface area contributed by atoms with Crippen LogP contribution in [0.2, 0.25) is 0 Å². The second kappa shape index (κ2) is 5.71. The van der Waals surface area contributed by atoms with E-state index in [4.69, 9.17) is 0 Å². The fourth-order valence-corrected chi connectivity index (χ4v) is 3.77. The predicted octanol–water partition coefficient (Wildman–Crippen LogP) is 3.43. The van der Waals surface area contributed by atoms with Crippen LogP contribution in [0.15, 0.2) is 36.7 Å². The van der Waals surface area contributed by atoms with Gasteiger partial charge in [-0.3, -0.25) is 9.78 Å². The molecule has 0 spiro atoms. The molecule has 1 aromatic carbocycles. The number of benzene rings is 1. The van der Waals surface area contributed by atoms with E-state index in [9.17, 15) is 4.79 Å². The summed E-state index contributed by atoms with van der Waals surface area (Å²) in [6.45, 7) is 1.87. The lowest BCUT2D eigenvalue weighted by atomic mass is 9.84. The minimum atomic E-state index is 0.331. The molecule has 0 bridgehead atoms. The maximum absolute atomic E-state index is 12.4. The van der Waals surface area contributed by atoms with Crippen molar-refractivity contribution in [3.63, 3.8) is 0 Å². The van der Waals surface area contributed by atoms with Gasteiger partial charge in [-0.05, 0) is 42.6 Å². The van der Waals surface area contributed by atoms with Crippen molar-refractivity contribution in [2.75, 3.05) is 13.1 Å². The number of carbonyl (C=O) groups is 1. The van der Waals surface area contributed by atoms with Gasteiger partial charge >= 0.3 is 0 Å². The van der Waals surface area contributed by atoms with Crippen LogP contribution in [-0.4, -0.2) is 28.9 Å². The van der Waals surface area contributed by atoms with Gasteiger partial charge in [-0.2, -0.15) is 0 Å². The van der Waals surface area contributed by atoms with Crippen LogP contribution in [-0.2, 0) is 11.2 Å². The summed E-state index contributed by atoms with van der Waals surface area (Å²) in [4.78, 5) is 18.8. The van der Waals surface area contributed by atoms with Crippen molar-refractivity contribution in [2.24, 2.45) is 11.8 Å². The third-order valence-corrected chi connectivity index (χ3v) is 5.31. The molecule has 3 heteroatoms. The van der Waals surface area contributed by atoms with Crippen LogP contribution >= 0.6 is 0 Å². The van der Waals surface area contributed by atoms with Gasteiger partial charge in [0.1, 0.15) is 0 Å². The molecule has 1 unspecified atom stereocenters. The van der Waals surface area contributed by atoms with Crippen molar-refractivity contribution in [1.82, 2.24) is 9.88 Å². The number of rotatable bonds is 3. The molecule has 0 radical (unpaired) electrons. The van der Waals surface area contributed by atoms with Gasteiger partial charge in [-0.15, -0.1) is 0 Å². The third-order valence-electron chi connectivity index (χ3n) is 5.31. The smallest absolute Gasteiger partial charge is 0.225 e. The number of nitrogens with zero attached hydrogens (tertiary/aromatic N) is 2. The fraction of sp³-hybridized carbons (Fsp3) is 0.474. The van der Waals surface area contributed by atoms with Crippen LogP contribution in [0.5, 0.6) is 0 Å². The van der Waals surface area contributed by atoms with Gasteiger partial charge in [0.05, 0.1) is 0 Å². The van der Waals surface area contributed by atoms with Crippen molar-refractivity contribution in [3.8, 4) is 0 Å². The van der Waals surface area contributed by atoms with Crippen molar-refractivity contribution < 1.29 is 4.79 Å². The zero-order valence-electron chi connectivity index (χ0n) is 12.9. The summed E-state index contributed by atoms with van der Waals surface area (Å²) < 4.78 is 0. The van der Waals surface area contributed by atoms with E-state index in [0.717, 1.165) is 38.8 Å². The summed E-state index contributed by atoms with van der Waals surface area (Å²) in [5.41, 5.74) is 1.32. The first kappa shape index (κ1) is 13.7. The monoisotopic (exact) mass is 294 g/mol.